The third-order valence-corrected chi connectivity index (χ3v) is 4.00. The lowest BCUT2D eigenvalue weighted by Crippen LogP contribution is -2.29. The molecule has 0 aromatic heterocycles. The maximum atomic E-state index is 12.3. The summed E-state index contributed by atoms with van der Waals surface area (Å²) < 4.78 is 58.4. The molecule has 2 N–H and O–H groups in total. The minimum Gasteiger partial charge on any atom is -0.493 e. The monoisotopic (exact) mass is 324 g/mol. The molecule has 0 radical (unpaired) electrons. The highest BCUT2D eigenvalue weighted by molar-refractivity contribution is 7.89. The Kier molecular flexibility index (Phi) is 6.79. The van der Waals surface area contributed by atoms with Crippen LogP contribution in [0.1, 0.15) is 5.56 Å². The maximum absolute atomic E-state index is 12.3. The first kappa shape index (κ1) is 17.6. The predicted molar refractivity (Wildman–Crippen MR) is 74.2 cm³/mol. The summed E-state index contributed by atoms with van der Waals surface area (Å²) in [6, 6.07) is 4.61. The van der Waals surface area contributed by atoms with Crippen molar-refractivity contribution in [3.63, 3.8) is 0 Å². The van der Waals surface area contributed by atoms with Gasteiger partial charge in [-0.15, -0.1) is 0 Å². The van der Waals surface area contributed by atoms with E-state index in [-0.39, 0.29) is 23.8 Å². The zero-order chi connectivity index (χ0) is 15.9. The molecule has 0 saturated carbocycles. The lowest BCUT2D eigenvalue weighted by molar-refractivity contribution is -0.0512. The quantitative estimate of drug-likeness (QED) is 0.661. The minimum atomic E-state index is -3.27. The van der Waals surface area contributed by atoms with Crippen molar-refractivity contribution in [3.8, 4) is 11.5 Å². The number of rotatable bonds is 9. The molecule has 1 aromatic carbocycles. The number of hydrogen-bond acceptors (Lipinski definition) is 5. The summed E-state index contributed by atoms with van der Waals surface area (Å²) in [5, 5.41) is 2.91. The van der Waals surface area contributed by atoms with Gasteiger partial charge in [-0.05, 0) is 24.7 Å². The van der Waals surface area contributed by atoms with Gasteiger partial charge in [0.25, 0.3) is 0 Å². The topological polar surface area (TPSA) is 76.7 Å². The Balaban J connectivity index is 2.59. The predicted octanol–water partition coefficient (Wildman–Crippen LogP) is 0.935. The van der Waals surface area contributed by atoms with E-state index in [1.54, 1.807) is 6.07 Å². The van der Waals surface area contributed by atoms with E-state index < -0.39 is 16.6 Å². The Morgan fingerprint density at radius 2 is 2.00 bits per heavy atom. The summed E-state index contributed by atoms with van der Waals surface area (Å²) >= 11 is 0. The number of sulfonamides is 1. The van der Waals surface area contributed by atoms with Crippen LogP contribution >= 0.6 is 0 Å². The van der Waals surface area contributed by atoms with Crippen LogP contribution in [0.25, 0.3) is 0 Å². The molecule has 21 heavy (non-hydrogen) atoms. The molecule has 0 bridgehead atoms. The van der Waals surface area contributed by atoms with E-state index in [4.69, 9.17) is 4.74 Å². The third kappa shape index (κ3) is 6.23. The molecular formula is C12H18F2N2O4S. The van der Waals surface area contributed by atoms with Gasteiger partial charge >= 0.3 is 6.61 Å². The summed E-state index contributed by atoms with van der Waals surface area (Å²) in [6.07, 6.45) is 0. The summed E-state index contributed by atoms with van der Waals surface area (Å²) in [5.74, 6) is 0.0755. The lowest BCUT2D eigenvalue weighted by Gasteiger charge is -2.12. The first-order chi connectivity index (χ1) is 9.88. The Morgan fingerprint density at radius 3 is 2.57 bits per heavy atom. The van der Waals surface area contributed by atoms with Gasteiger partial charge in [0.2, 0.25) is 10.0 Å². The van der Waals surface area contributed by atoms with Gasteiger partial charge in [-0.2, -0.15) is 8.78 Å². The summed E-state index contributed by atoms with van der Waals surface area (Å²) in [6.45, 7) is -2.38. The summed E-state index contributed by atoms with van der Waals surface area (Å²) in [4.78, 5) is 0. The number of benzene rings is 1. The van der Waals surface area contributed by atoms with E-state index in [9.17, 15) is 17.2 Å². The largest absolute Gasteiger partial charge is 0.493 e. The van der Waals surface area contributed by atoms with E-state index in [0.717, 1.165) is 0 Å². The van der Waals surface area contributed by atoms with Crippen LogP contribution in [0.3, 0.4) is 0 Å². The number of methoxy groups -OCH3 is 1. The van der Waals surface area contributed by atoms with E-state index >= 15 is 0 Å². The Morgan fingerprint density at radius 1 is 1.29 bits per heavy atom. The van der Waals surface area contributed by atoms with Crippen LogP contribution in [0.4, 0.5) is 8.78 Å². The van der Waals surface area contributed by atoms with Crippen molar-refractivity contribution in [3.05, 3.63) is 23.8 Å². The molecular weight excluding hydrogens is 306 g/mol. The molecule has 9 heteroatoms. The SMILES string of the molecule is CNS(=O)(=O)CCNCc1ccc(OC)c(OC(F)F)c1. The van der Waals surface area contributed by atoms with Crippen molar-refractivity contribution < 1.29 is 26.7 Å². The molecule has 6 nitrogen and oxygen atoms in total. The zero-order valence-corrected chi connectivity index (χ0v) is 12.5. The second-order valence-corrected chi connectivity index (χ2v) is 6.11. The Labute approximate surface area is 122 Å². The molecule has 0 spiro atoms. The van der Waals surface area contributed by atoms with E-state index in [2.05, 4.69) is 14.8 Å². The first-order valence-electron chi connectivity index (χ1n) is 6.11. The highest BCUT2D eigenvalue weighted by Crippen LogP contribution is 2.29. The van der Waals surface area contributed by atoms with Crippen LogP contribution < -0.4 is 19.5 Å². The van der Waals surface area contributed by atoms with Gasteiger partial charge in [0.05, 0.1) is 12.9 Å². The molecule has 0 aliphatic carbocycles. The van der Waals surface area contributed by atoms with Gasteiger partial charge in [-0.1, -0.05) is 6.07 Å². The average Bonchev–Trinajstić information content (AvgIpc) is 2.43. The van der Waals surface area contributed by atoms with Crippen molar-refractivity contribution in [2.24, 2.45) is 0 Å². The molecule has 0 amide bonds. The first-order valence-corrected chi connectivity index (χ1v) is 7.77. The van der Waals surface area contributed by atoms with Crippen LogP contribution in [-0.2, 0) is 16.6 Å². The van der Waals surface area contributed by atoms with Crippen molar-refractivity contribution in [1.29, 1.82) is 0 Å². The normalized spacial score (nSPS) is 11.7. The molecule has 0 saturated heterocycles. The zero-order valence-electron chi connectivity index (χ0n) is 11.7. The van der Waals surface area contributed by atoms with Crippen molar-refractivity contribution >= 4 is 10.0 Å². The fraction of sp³-hybridized carbons (Fsp3) is 0.500. The van der Waals surface area contributed by atoms with Gasteiger partial charge in [0, 0.05) is 13.1 Å². The fourth-order valence-corrected chi connectivity index (χ4v) is 2.18. The molecule has 120 valence electrons. The molecule has 0 atom stereocenters. The third-order valence-electron chi connectivity index (χ3n) is 2.63. The molecule has 0 fully saturated rings. The van der Waals surface area contributed by atoms with Gasteiger partial charge in [-0.3, -0.25) is 0 Å². The van der Waals surface area contributed by atoms with E-state index in [1.807, 2.05) is 0 Å². The smallest absolute Gasteiger partial charge is 0.387 e. The molecule has 0 aliphatic heterocycles. The van der Waals surface area contributed by atoms with Crippen LogP contribution in [-0.4, -0.2) is 41.5 Å². The Bertz CT molecular complexity index is 552. The van der Waals surface area contributed by atoms with Crippen molar-refractivity contribution in [1.82, 2.24) is 10.0 Å². The fourth-order valence-electron chi connectivity index (χ4n) is 1.56. The molecule has 0 heterocycles. The van der Waals surface area contributed by atoms with Gasteiger partial charge < -0.3 is 14.8 Å². The molecule has 0 aliphatic rings. The standard InChI is InChI=1S/C12H18F2N2O4S/c1-15-21(17,18)6-5-16-8-9-3-4-10(19-2)11(7-9)20-12(13)14/h3-4,7,12,15-16H,5-6,8H2,1-2H3. The number of ether oxygens (including phenoxy) is 2. The van der Waals surface area contributed by atoms with Crippen LogP contribution in [0, 0.1) is 0 Å². The minimum absolute atomic E-state index is 0.0605. The van der Waals surface area contributed by atoms with Gasteiger partial charge in [0.1, 0.15) is 0 Å². The molecule has 1 aromatic rings. The van der Waals surface area contributed by atoms with Crippen LogP contribution in [0.2, 0.25) is 0 Å². The van der Waals surface area contributed by atoms with E-state index in [0.29, 0.717) is 12.1 Å². The lowest BCUT2D eigenvalue weighted by atomic mass is 10.2. The van der Waals surface area contributed by atoms with Crippen molar-refractivity contribution in [2.45, 2.75) is 13.2 Å². The van der Waals surface area contributed by atoms with Crippen LogP contribution in [0.5, 0.6) is 11.5 Å². The number of hydrogen-bond donors (Lipinski definition) is 2. The highest BCUT2D eigenvalue weighted by atomic mass is 32.2. The average molecular weight is 324 g/mol. The van der Waals surface area contributed by atoms with Crippen molar-refractivity contribution in [2.75, 3.05) is 26.5 Å². The highest BCUT2D eigenvalue weighted by Gasteiger charge is 2.11. The van der Waals surface area contributed by atoms with Gasteiger partial charge in [0.15, 0.2) is 11.5 Å². The summed E-state index contributed by atoms with van der Waals surface area (Å²) in [5.41, 5.74) is 0.674. The number of nitrogens with one attached hydrogen (secondary N) is 2. The number of halogens is 2. The van der Waals surface area contributed by atoms with E-state index in [1.165, 1.54) is 26.3 Å². The molecule has 0 unspecified atom stereocenters. The Hall–Kier alpha value is -1.45. The number of alkyl halides is 2. The second-order valence-electron chi connectivity index (χ2n) is 4.06. The van der Waals surface area contributed by atoms with Crippen LogP contribution in [0.15, 0.2) is 18.2 Å². The second kappa shape index (κ2) is 8.11. The molecule has 1 rings (SSSR count). The summed E-state index contributed by atoms with van der Waals surface area (Å²) in [7, 11) is -0.570. The van der Waals surface area contributed by atoms with Gasteiger partial charge in [-0.25, -0.2) is 13.1 Å². The maximum Gasteiger partial charge on any atom is 0.387 e.